The molecule has 21 heavy (non-hydrogen) atoms. The van der Waals surface area contributed by atoms with Crippen LogP contribution in [0.25, 0.3) is 0 Å². The fourth-order valence-electron chi connectivity index (χ4n) is 2.24. The summed E-state index contributed by atoms with van der Waals surface area (Å²) in [6.07, 6.45) is 0. The van der Waals surface area contributed by atoms with E-state index in [2.05, 4.69) is 15.4 Å². The van der Waals surface area contributed by atoms with Crippen molar-refractivity contribution < 1.29 is 18.3 Å². The van der Waals surface area contributed by atoms with Crippen LogP contribution in [0.3, 0.4) is 0 Å². The highest BCUT2D eigenvalue weighted by Gasteiger charge is 2.29. The lowest BCUT2D eigenvalue weighted by atomic mass is 9.88. The van der Waals surface area contributed by atoms with Crippen LogP contribution in [-0.2, 0) is 4.79 Å². The van der Waals surface area contributed by atoms with Crippen LogP contribution in [0.4, 0.5) is 8.78 Å². The zero-order valence-electron chi connectivity index (χ0n) is 12.1. The van der Waals surface area contributed by atoms with Crippen LogP contribution in [0.1, 0.15) is 25.5 Å². The number of carbonyl (C=O) groups excluding carboxylic acids is 1. The Morgan fingerprint density at radius 1 is 1.29 bits per heavy atom. The molecule has 1 heterocycles. The quantitative estimate of drug-likeness (QED) is 0.847. The lowest BCUT2D eigenvalue weighted by Crippen LogP contribution is -2.49. The maximum absolute atomic E-state index is 12.1. The van der Waals surface area contributed by atoms with Gasteiger partial charge in [0.2, 0.25) is 5.91 Å². The Labute approximate surface area is 122 Å². The molecule has 0 bridgehead atoms. The van der Waals surface area contributed by atoms with Crippen LogP contribution in [0.2, 0.25) is 0 Å². The number of hydrogen-bond donors (Lipinski definition) is 2. The van der Waals surface area contributed by atoms with Crippen molar-refractivity contribution in [2.45, 2.75) is 26.5 Å². The van der Waals surface area contributed by atoms with Crippen molar-refractivity contribution in [3.63, 3.8) is 0 Å². The molecular weight excluding hydrogens is 278 g/mol. The van der Waals surface area contributed by atoms with Gasteiger partial charge in [-0.05, 0) is 43.6 Å². The van der Waals surface area contributed by atoms with E-state index in [-0.39, 0.29) is 23.6 Å². The van der Waals surface area contributed by atoms with Crippen molar-refractivity contribution in [2.24, 2.45) is 11.8 Å². The van der Waals surface area contributed by atoms with Crippen molar-refractivity contribution in [3.8, 4) is 5.75 Å². The number of amides is 1. The topological polar surface area (TPSA) is 50.4 Å². The molecule has 2 rings (SSSR count). The molecule has 0 saturated carbocycles. The first-order valence-corrected chi connectivity index (χ1v) is 7.03. The lowest BCUT2D eigenvalue weighted by Gasteiger charge is -2.32. The normalized spacial score (nSPS) is 18.0. The maximum atomic E-state index is 12.1. The van der Waals surface area contributed by atoms with Gasteiger partial charge in [0.1, 0.15) is 5.75 Å². The molecule has 0 aliphatic carbocycles. The van der Waals surface area contributed by atoms with Gasteiger partial charge < -0.3 is 15.4 Å². The van der Waals surface area contributed by atoms with Crippen molar-refractivity contribution in [2.75, 3.05) is 13.1 Å². The Bertz CT molecular complexity index is 475. The smallest absolute Gasteiger partial charge is 0.387 e. The number of hydrogen-bond acceptors (Lipinski definition) is 3. The minimum absolute atomic E-state index is 0.0157. The van der Waals surface area contributed by atoms with Crippen LogP contribution < -0.4 is 15.4 Å². The summed E-state index contributed by atoms with van der Waals surface area (Å²) in [6.45, 7) is 2.72. The average Bonchev–Trinajstić information content (AvgIpc) is 2.36. The molecule has 2 N–H and O–H groups in total. The van der Waals surface area contributed by atoms with E-state index < -0.39 is 6.61 Å². The molecule has 2 unspecified atom stereocenters. The summed E-state index contributed by atoms with van der Waals surface area (Å²) < 4.78 is 28.4. The number of benzene rings is 1. The zero-order chi connectivity index (χ0) is 15.4. The molecule has 1 fully saturated rings. The molecular formula is C15H20F2N2O2. The fourth-order valence-corrected chi connectivity index (χ4v) is 2.24. The third kappa shape index (κ3) is 4.14. The number of halogens is 2. The molecule has 2 atom stereocenters. The van der Waals surface area contributed by atoms with Crippen molar-refractivity contribution in [1.29, 1.82) is 0 Å². The molecule has 4 nitrogen and oxygen atoms in total. The van der Waals surface area contributed by atoms with Gasteiger partial charge in [0.05, 0.1) is 6.04 Å². The van der Waals surface area contributed by atoms with Crippen molar-refractivity contribution in [1.82, 2.24) is 10.6 Å². The summed E-state index contributed by atoms with van der Waals surface area (Å²) in [6, 6.07) is 6.14. The molecule has 116 valence electrons. The highest BCUT2D eigenvalue weighted by atomic mass is 19.3. The van der Waals surface area contributed by atoms with Crippen LogP contribution in [0.15, 0.2) is 24.3 Å². The molecule has 1 amide bonds. The third-order valence-electron chi connectivity index (χ3n) is 3.90. The Morgan fingerprint density at radius 2 is 1.90 bits per heavy atom. The van der Waals surface area contributed by atoms with Crippen molar-refractivity contribution in [3.05, 3.63) is 29.8 Å². The number of alkyl halides is 2. The lowest BCUT2D eigenvalue weighted by molar-refractivity contribution is -0.127. The van der Waals surface area contributed by atoms with E-state index in [0.717, 1.165) is 18.7 Å². The minimum Gasteiger partial charge on any atom is -0.435 e. The first kappa shape index (κ1) is 15.7. The summed E-state index contributed by atoms with van der Waals surface area (Å²) in [5.74, 6) is 0.484. The zero-order valence-corrected chi connectivity index (χ0v) is 12.1. The highest BCUT2D eigenvalue weighted by molar-refractivity contribution is 5.79. The highest BCUT2D eigenvalue weighted by Crippen LogP contribution is 2.21. The average molecular weight is 298 g/mol. The molecule has 1 saturated heterocycles. The summed E-state index contributed by atoms with van der Waals surface area (Å²) >= 11 is 0. The van der Waals surface area contributed by atoms with E-state index in [1.807, 2.05) is 13.8 Å². The van der Waals surface area contributed by atoms with Gasteiger partial charge >= 0.3 is 6.61 Å². The molecule has 1 aliphatic rings. The Hall–Kier alpha value is -1.69. The molecule has 6 heteroatoms. The molecule has 0 aromatic heterocycles. The van der Waals surface area contributed by atoms with Crippen LogP contribution in [0, 0.1) is 11.8 Å². The van der Waals surface area contributed by atoms with Gasteiger partial charge in [-0.25, -0.2) is 0 Å². The van der Waals surface area contributed by atoms with Crippen LogP contribution in [-0.4, -0.2) is 25.6 Å². The molecule has 0 spiro atoms. The van der Waals surface area contributed by atoms with Gasteiger partial charge in [0, 0.05) is 5.92 Å². The number of ether oxygens (including phenoxy) is 1. The number of rotatable bonds is 6. The predicted octanol–water partition coefficient (Wildman–Crippen LogP) is 2.32. The minimum atomic E-state index is -2.83. The molecule has 0 radical (unpaired) electrons. The van der Waals surface area contributed by atoms with E-state index in [0.29, 0.717) is 5.92 Å². The largest absolute Gasteiger partial charge is 0.435 e. The first-order chi connectivity index (χ1) is 9.97. The monoisotopic (exact) mass is 298 g/mol. The number of carbonyl (C=O) groups is 1. The maximum Gasteiger partial charge on any atom is 0.387 e. The van der Waals surface area contributed by atoms with Gasteiger partial charge in [-0.1, -0.05) is 19.1 Å². The predicted molar refractivity (Wildman–Crippen MR) is 75.2 cm³/mol. The first-order valence-electron chi connectivity index (χ1n) is 7.03. The fraction of sp³-hybridized carbons (Fsp3) is 0.533. The summed E-state index contributed by atoms with van der Waals surface area (Å²) in [5.41, 5.74) is 0.851. The second kappa shape index (κ2) is 6.85. The van der Waals surface area contributed by atoms with E-state index >= 15 is 0 Å². The van der Waals surface area contributed by atoms with Gasteiger partial charge in [0.15, 0.2) is 0 Å². The van der Waals surface area contributed by atoms with Gasteiger partial charge in [-0.15, -0.1) is 0 Å². The van der Waals surface area contributed by atoms with E-state index in [1.165, 1.54) is 12.1 Å². The standard InChI is InChI=1S/C15H20F2N2O2/c1-9(12-7-18-8-12)14(20)19-10(2)11-3-5-13(6-4-11)21-15(16)17/h3-6,9-10,12,15,18H,7-8H2,1-2H3,(H,19,20). The second-order valence-electron chi connectivity index (χ2n) is 5.38. The van der Waals surface area contributed by atoms with Gasteiger partial charge in [-0.3, -0.25) is 4.79 Å². The Kier molecular flexibility index (Phi) is 5.12. The SMILES string of the molecule is CC(NC(=O)C(C)C1CNC1)c1ccc(OC(F)F)cc1. The Morgan fingerprint density at radius 3 is 2.38 bits per heavy atom. The van der Waals surface area contributed by atoms with Gasteiger partial charge in [0.25, 0.3) is 0 Å². The van der Waals surface area contributed by atoms with E-state index in [1.54, 1.807) is 12.1 Å². The van der Waals surface area contributed by atoms with Gasteiger partial charge in [-0.2, -0.15) is 8.78 Å². The molecule has 1 aliphatic heterocycles. The molecule has 1 aromatic rings. The third-order valence-corrected chi connectivity index (χ3v) is 3.90. The summed E-state index contributed by atoms with van der Waals surface area (Å²) in [5, 5.41) is 6.10. The van der Waals surface area contributed by atoms with E-state index in [9.17, 15) is 13.6 Å². The Balaban J connectivity index is 1.90. The van der Waals surface area contributed by atoms with E-state index in [4.69, 9.17) is 0 Å². The van der Waals surface area contributed by atoms with Crippen molar-refractivity contribution >= 4 is 5.91 Å². The van der Waals surface area contributed by atoms with Crippen LogP contribution in [0.5, 0.6) is 5.75 Å². The molecule has 1 aromatic carbocycles. The summed E-state index contributed by atoms with van der Waals surface area (Å²) in [4.78, 5) is 12.1. The second-order valence-corrected chi connectivity index (χ2v) is 5.38. The summed E-state index contributed by atoms with van der Waals surface area (Å²) in [7, 11) is 0. The van der Waals surface area contributed by atoms with Crippen LogP contribution >= 0.6 is 0 Å². The number of nitrogens with one attached hydrogen (secondary N) is 2.